The van der Waals surface area contributed by atoms with Crippen LogP contribution < -0.4 is 0 Å². The van der Waals surface area contributed by atoms with Crippen LogP contribution in [0.1, 0.15) is 26.7 Å². The fourth-order valence-electron chi connectivity index (χ4n) is 2.39. The van der Waals surface area contributed by atoms with E-state index < -0.39 is 5.38 Å². The van der Waals surface area contributed by atoms with Gasteiger partial charge in [-0.1, -0.05) is 0 Å². The normalized spacial score (nSPS) is 33.9. The van der Waals surface area contributed by atoms with Crippen LogP contribution in [-0.4, -0.2) is 41.5 Å². The molecule has 1 aliphatic carbocycles. The Bertz CT molecular complexity index is 265. The number of hydrogen-bond donors (Lipinski definition) is 0. The van der Waals surface area contributed by atoms with Crippen LogP contribution in [-0.2, 0) is 9.53 Å². The highest BCUT2D eigenvalue weighted by Gasteiger charge is 2.49. The fraction of sp³-hybridized carbons (Fsp3) is 0.909. The molecule has 2 rings (SSSR count). The molecule has 2 aliphatic rings. The quantitative estimate of drug-likeness (QED) is 0.677. The molecule has 0 radical (unpaired) electrons. The number of hydrogen-bond acceptors (Lipinski definition) is 2. The maximum absolute atomic E-state index is 12.0. The van der Waals surface area contributed by atoms with Gasteiger partial charge in [-0.25, -0.2) is 0 Å². The van der Waals surface area contributed by atoms with Gasteiger partial charge in [0.15, 0.2) is 0 Å². The Hall–Kier alpha value is -0.280. The predicted molar refractivity (Wildman–Crippen MR) is 59.0 cm³/mol. The van der Waals surface area contributed by atoms with Gasteiger partial charge in [0.2, 0.25) is 5.91 Å². The number of rotatable bonds is 2. The molecule has 4 heteroatoms. The van der Waals surface area contributed by atoms with Gasteiger partial charge in [0.05, 0.1) is 18.8 Å². The molecule has 0 aromatic heterocycles. The lowest BCUT2D eigenvalue weighted by molar-refractivity contribution is -0.149. The molecule has 2 fully saturated rings. The molecule has 15 heavy (non-hydrogen) atoms. The third-order valence-electron chi connectivity index (χ3n) is 3.53. The Morgan fingerprint density at radius 1 is 1.60 bits per heavy atom. The minimum Gasteiger partial charge on any atom is -0.377 e. The fourth-order valence-corrected chi connectivity index (χ4v) is 2.51. The van der Waals surface area contributed by atoms with E-state index in [-0.39, 0.29) is 11.4 Å². The van der Waals surface area contributed by atoms with Gasteiger partial charge in [0.25, 0.3) is 0 Å². The summed E-state index contributed by atoms with van der Waals surface area (Å²) in [5, 5.41) is -0.429. The van der Waals surface area contributed by atoms with Gasteiger partial charge in [0.1, 0.15) is 5.38 Å². The van der Waals surface area contributed by atoms with Crippen LogP contribution in [0, 0.1) is 5.92 Å². The van der Waals surface area contributed by atoms with Crippen molar-refractivity contribution < 1.29 is 9.53 Å². The Morgan fingerprint density at radius 2 is 2.27 bits per heavy atom. The minimum atomic E-state index is -0.429. The maximum Gasteiger partial charge on any atom is 0.240 e. The second kappa shape index (κ2) is 3.95. The number of nitrogens with zero attached hydrogens (tertiary/aromatic N) is 1. The van der Waals surface area contributed by atoms with E-state index in [0.717, 1.165) is 0 Å². The van der Waals surface area contributed by atoms with E-state index in [1.807, 2.05) is 4.90 Å². The van der Waals surface area contributed by atoms with Gasteiger partial charge in [-0.15, -0.1) is 11.6 Å². The Labute approximate surface area is 95.7 Å². The van der Waals surface area contributed by atoms with E-state index in [0.29, 0.717) is 25.7 Å². The van der Waals surface area contributed by atoms with E-state index in [9.17, 15) is 4.79 Å². The maximum atomic E-state index is 12.0. The van der Waals surface area contributed by atoms with Gasteiger partial charge in [-0.3, -0.25) is 4.79 Å². The van der Waals surface area contributed by atoms with Crippen molar-refractivity contribution in [1.29, 1.82) is 0 Å². The van der Waals surface area contributed by atoms with E-state index in [1.54, 1.807) is 6.92 Å². The first-order valence-corrected chi connectivity index (χ1v) is 6.02. The molecule has 1 saturated heterocycles. The predicted octanol–water partition coefficient (Wildman–Crippen LogP) is 1.64. The van der Waals surface area contributed by atoms with Crippen LogP contribution >= 0.6 is 11.6 Å². The van der Waals surface area contributed by atoms with Crippen molar-refractivity contribution in [3.63, 3.8) is 0 Å². The zero-order valence-corrected chi connectivity index (χ0v) is 10.1. The lowest BCUT2D eigenvalue weighted by Crippen LogP contribution is -2.60. The zero-order chi connectivity index (χ0) is 11.1. The number of carbonyl (C=O) groups is 1. The van der Waals surface area contributed by atoms with Crippen LogP contribution in [0.5, 0.6) is 0 Å². The molecule has 0 spiro atoms. The van der Waals surface area contributed by atoms with Crippen LogP contribution in [0.2, 0.25) is 0 Å². The lowest BCUT2D eigenvalue weighted by Gasteiger charge is -2.45. The summed E-state index contributed by atoms with van der Waals surface area (Å²) in [5.74, 6) is 0.659. The molecule has 3 nitrogen and oxygen atoms in total. The second-order valence-electron chi connectivity index (χ2n) is 4.79. The molecule has 0 bridgehead atoms. The lowest BCUT2D eigenvalue weighted by atomic mass is 9.92. The van der Waals surface area contributed by atoms with Crippen molar-refractivity contribution in [2.75, 3.05) is 19.8 Å². The number of amides is 1. The Kier molecular flexibility index (Phi) is 2.95. The molecule has 0 aromatic rings. The van der Waals surface area contributed by atoms with Gasteiger partial charge < -0.3 is 9.64 Å². The average Bonchev–Trinajstić information content (AvgIpc) is 3.00. The summed E-state index contributed by atoms with van der Waals surface area (Å²) in [6.45, 7) is 5.85. The molecule has 2 unspecified atom stereocenters. The SMILES string of the molecule is CC(Cl)C(=O)N1CCOCC1(C)C1CC1. The zero-order valence-electron chi connectivity index (χ0n) is 9.33. The molecule has 1 heterocycles. The first kappa shape index (κ1) is 11.2. The van der Waals surface area contributed by atoms with Gasteiger partial charge >= 0.3 is 0 Å². The number of halogens is 1. The number of morpholine rings is 1. The molecule has 0 aromatic carbocycles. The topological polar surface area (TPSA) is 29.5 Å². The van der Waals surface area contributed by atoms with E-state index in [4.69, 9.17) is 16.3 Å². The first-order valence-electron chi connectivity index (χ1n) is 5.59. The van der Waals surface area contributed by atoms with E-state index in [2.05, 4.69) is 6.92 Å². The molecule has 86 valence electrons. The van der Waals surface area contributed by atoms with Crippen LogP contribution in [0.3, 0.4) is 0 Å². The molecule has 2 atom stereocenters. The monoisotopic (exact) mass is 231 g/mol. The second-order valence-corrected chi connectivity index (χ2v) is 5.44. The summed E-state index contributed by atoms with van der Waals surface area (Å²) in [5.41, 5.74) is -0.113. The minimum absolute atomic E-state index is 0.0503. The number of carbonyl (C=O) groups excluding carboxylic acids is 1. The molecule has 0 N–H and O–H groups in total. The Balaban J connectivity index is 2.15. The van der Waals surface area contributed by atoms with Crippen LogP contribution in [0.25, 0.3) is 0 Å². The van der Waals surface area contributed by atoms with E-state index >= 15 is 0 Å². The van der Waals surface area contributed by atoms with E-state index in [1.165, 1.54) is 12.8 Å². The average molecular weight is 232 g/mol. The standard InChI is InChI=1S/C11H18ClNO2/c1-8(12)10(14)13-5-6-15-7-11(13,2)9-3-4-9/h8-9H,3-7H2,1-2H3. The third-order valence-corrected chi connectivity index (χ3v) is 3.72. The summed E-state index contributed by atoms with van der Waals surface area (Å²) in [7, 11) is 0. The first-order chi connectivity index (χ1) is 7.05. The highest BCUT2D eigenvalue weighted by atomic mass is 35.5. The third kappa shape index (κ3) is 2.00. The smallest absolute Gasteiger partial charge is 0.240 e. The van der Waals surface area contributed by atoms with Crippen LogP contribution in [0.4, 0.5) is 0 Å². The highest BCUT2D eigenvalue weighted by molar-refractivity contribution is 6.30. The molecular formula is C11H18ClNO2. The van der Waals surface area contributed by atoms with Gasteiger partial charge in [0, 0.05) is 6.54 Å². The molecule has 1 amide bonds. The van der Waals surface area contributed by atoms with Crippen molar-refractivity contribution in [2.24, 2.45) is 5.92 Å². The van der Waals surface area contributed by atoms with Crippen molar-refractivity contribution in [1.82, 2.24) is 4.90 Å². The highest BCUT2D eigenvalue weighted by Crippen LogP contribution is 2.44. The number of alkyl halides is 1. The van der Waals surface area contributed by atoms with Crippen molar-refractivity contribution in [2.45, 2.75) is 37.6 Å². The van der Waals surface area contributed by atoms with Gasteiger partial charge in [-0.2, -0.15) is 0 Å². The largest absolute Gasteiger partial charge is 0.377 e. The molecule has 1 aliphatic heterocycles. The van der Waals surface area contributed by atoms with Crippen molar-refractivity contribution in [3.8, 4) is 0 Å². The summed E-state index contributed by atoms with van der Waals surface area (Å²) in [4.78, 5) is 13.9. The summed E-state index contributed by atoms with van der Waals surface area (Å²) >= 11 is 5.88. The summed E-state index contributed by atoms with van der Waals surface area (Å²) < 4.78 is 5.51. The summed E-state index contributed by atoms with van der Waals surface area (Å²) in [6.07, 6.45) is 2.42. The Morgan fingerprint density at radius 3 is 2.80 bits per heavy atom. The molecular weight excluding hydrogens is 214 g/mol. The number of ether oxygens (including phenoxy) is 1. The van der Waals surface area contributed by atoms with Crippen LogP contribution in [0.15, 0.2) is 0 Å². The molecule has 1 saturated carbocycles. The van der Waals surface area contributed by atoms with Crippen molar-refractivity contribution >= 4 is 17.5 Å². The van der Waals surface area contributed by atoms with Crippen molar-refractivity contribution in [3.05, 3.63) is 0 Å². The van der Waals surface area contributed by atoms with Gasteiger partial charge in [-0.05, 0) is 32.6 Å². The summed E-state index contributed by atoms with van der Waals surface area (Å²) in [6, 6.07) is 0.